The van der Waals surface area contributed by atoms with E-state index in [9.17, 15) is 4.79 Å². The van der Waals surface area contributed by atoms with Gasteiger partial charge in [-0.15, -0.1) is 0 Å². The molecule has 1 atom stereocenters. The molecule has 1 aliphatic carbocycles. The summed E-state index contributed by atoms with van der Waals surface area (Å²) in [6.45, 7) is 5.53. The van der Waals surface area contributed by atoms with Crippen LogP contribution in [-0.2, 0) is 16.0 Å². The lowest BCUT2D eigenvalue weighted by molar-refractivity contribution is -0.143. The maximum absolute atomic E-state index is 11.7. The smallest absolute Gasteiger partial charge is 0.316 e. The minimum atomic E-state index is -0.474. The summed E-state index contributed by atoms with van der Waals surface area (Å²) in [7, 11) is 1.71. The van der Waals surface area contributed by atoms with Crippen LogP contribution in [0.5, 0.6) is 5.75 Å². The molecule has 0 heterocycles. The Morgan fingerprint density at radius 1 is 1.35 bits per heavy atom. The lowest BCUT2D eigenvalue weighted by atomic mass is 9.85. The average molecular weight is 234 g/mol. The fourth-order valence-electron chi connectivity index (χ4n) is 1.79. The van der Waals surface area contributed by atoms with Crippen LogP contribution in [0, 0.1) is 5.41 Å². The number of esters is 1. The predicted octanol–water partition coefficient (Wildman–Crippen LogP) is 2.88. The predicted molar refractivity (Wildman–Crippen MR) is 65.0 cm³/mol. The van der Waals surface area contributed by atoms with Crippen molar-refractivity contribution in [2.45, 2.75) is 33.3 Å². The van der Waals surface area contributed by atoms with Gasteiger partial charge in [0.2, 0.25) is 0 Å². The fourth-order valence-corrected chi connectivity index (χ4v) is 1.79. The van der Waals surface area contributed by atoms with Gasteiger partial charge in [0.05, 0.1) is 11.5 Å². The molecule has 92 valence electrons. The van der Waals surface area contributed by atoms with Crippen molar-refractivity contribution in [3.05, 3.63) is 29.3 Å². The van der Waals surface area contributed by atoms with Crippen molar-refractivity contribution in [1.29, 1.82) is 0 Å². The first-order valence-electron chi connectivity index (χ1n) is 5.79. The Hall–Kier alpha value is -1.35. The van der Waals surface area contributed by atoms with E-state index in [-0.39, 0.29) is 12.1 Å². The van der Waals surface area contributed by atoms with Crippen LogP contribution in [-0.4, -0.2) is 13.1 Å². The van der Waals surface area contributed by atoms with E-state index in [1.165, 1.54) is 11.1 Å². The monoisotopic (exact) mass is 234 g/mol. The standard InChI is InChI=1S/C14H18O3/c1-14(2,3)13(15)17-10-5-6-11-9(7-10)8-12(11)16-4/h5-7,12H,8H2,1-4H3. The summed E-state index contributed by atoms with van der Waals surface area (Å²) in [4.78, 5) is 11.7. The van der Waals surface area contributed by atoms with E-state index in [1.54, 1.807) is 7.11 Å². The van der Waals surface area contributed by atoms with E-state index >= 15 is 0 Å². The van der Waals surface area contributed by atoms with Gasteiger partial charge in [-0.05, 0) is 44.0 Å². The fraction of sp³-hybridized carbons (Fsp3) is 0.500. The molecular formula is C14H18O3. The maximum atomic E-state index is 11.7. The van der Waals surface area contributed by atoms with Crippen molar-refractivity contribution >= 4 is 5.97 Å². The van der Waals surface area contributed by atoms with E-state index < -0.39 is 5.41 Å². The summed E-state index contributed by atoms with van der Waals surface area (Å²) in [5.41, 5.74) is 1.93. The van der Waals surface area contributed by atoms with Gasteiger partial charge in [-0.3, -0.25) is 4.79 Å². The zero-order valence-corrected chi connectivity index (χ0v) is 10.7. The normalized spacial score (nSPS) is 18.2. The molecule has 0 aromatic heterocycles. The summed E-state index contributed by atoms with van der Waals surface area (Å²) in [5.74, 6) is 0.415. The molecule has 0 bridgehead atoms. The molecule has 0 saturated heterocycles. The van der Waals surface area contributed by atoms with Gasteiger partial charge in [-0.25, -0.2) is 0 Å². The van der Waals surface area contributed by atoms with Crippen molar-refractivity contribution < 1.29 is 14.3 Å². The second kappa shape index (κ2) is 4.15. The molecule has 0 saturated carbocycles. The second-order valence-corrected chi connectivity index (χ2v) is 5.43. The Morgan fingerprint density at radius 3 is 2.59 bits per heavy atom. The van der Waals surface area contributed by atoms with Crippen molar-refractivity contribution in [3.63, 3.8) is 0 Å². The first-order valence-corrected chi connectivity index (χ1v) is 5.79. The van der Waals surface area contributed by atoms with Gasteiger partial charge < -0.3 is 9.47 Å². The number of carbonyl (C=O) groups is 1. The Morgan fingerprint density at radius 2 is 2.06 bits per heavy atom. The highest BCUT2D eigenvalue weighted by molar-refractivity contribution is 5.78. The Balaban J connectivity index is 2.10. The molecule has 1 aliphatic rings. The van der Waals surface area contributed by atoms with Crippen LogP contribution in [0.25, 0.3) is 0 Å². The van der Waals surface area contributed by atoms with Crippen LogP contribution < -0.4 is 4.74 Å². The van der Waals surface area contributed by atoms with E-state index in [2.05, 4.69) is 0 Å². The summed E-state index contributed by atoms with van der Waals surface area (Å²) in [6, 6.07) is 5.72. The molecule has 0 fully saturated rings. The molecule has 0 spiro atoms. The molecule has 3 heteroatoms. The van der Waals surface area contributed by atoms with Crippen LogP contribution in [0.3, 0.4) is 0 Å². The molecule has 2 rings (SSSR count). The van der Waals surface area contributed by atoms with Gasteiger partial charge in [0.25, 0.3) is 0 Å². The molecule has 0 N–H and O–H groups in total. The van der Waals surface area contributed by atoms with Gasteiger partial charge >= 0.3 is 5.97 Å². The quantitative estimate of drug-likeness (QED) is 0.583. The molecule has 0 radical (unpaired) electrons. The van der Waals surface area contributed by atoms with Crippen molar-refractivity contribution in [2.75, 3.05) is 7.11 Å². The van der Waals surface area contributed by atoms with Gasteiger partial charge in [0, 0.05) is 13.5 Å². The Bertz CT molecular complexity index is 443. The van der Waals surface area contributed by atoms with Crippen LogP contribution in [0.1, 0.15) is 38.0 Å². The van der Waals surface area contributed by atoms with Crippen LogP contribution in [0.4, 0.5) is 0 Å². The summed E-state index contributed by atoms with van der Waals surface area (Å²) in [6.07, 6.45) is 1.10. The maximum Gasteiger partial charge on any atom is 0.316 e. The summed E-state index contributed by atoms with van der Waals surface area (Å²) in [5, 5.41) is 0. The van der Waals surface area contributed by atoms with Crippen molar-refractivity contribution in [3.8, 4) is 5.75 Å². The topological polar surface area (TPSA) is 35.5 Å². The van der Waals surface area contributed by atoms with E-state index in [1.807, 2.05) is 39.0 Å². The number of carbonyl (C=O) groups excluding carboxylic acids is 1. The zero-order valence-electron chi connectivity index (χ0n) is 10.7. The third-order valence-electron chi connectivity index (χ3n) is 2.97. The Kier molecular flexibility index (Phi) is 2.96. The highest BCUT2D eigenvalue weighted by atomic mass is 16.5. The largest absolute Gasteiger partial charge is 0.426 e. The van der Waals surface area contributed by atoms with E-state index in [0.717, 1.165) is 6.42 Å². The van der Waals surface area contributed by atoms with Crippen LogP contribution >= 0.6 is 0 Å². The first-order chi connectivity index (χ1) is 7.91. The second-order valence-electron chi connectivity index (χ2n) is 5.43. The lowest BCUT2D eigenvalue weighted by Crippen LogP contribution is -2.26. The SMILES string of the molecule is COC1Cc2cc(OC(=O)C(C)(C)C)ccc21. The minimum Gasteiger partial charge on any atom is -0.426 e. The highest BCUT2D eigenvalue weighted by Crippen LogP contribution is 2.37. The molecule has 3 nitrogen and oxygen atoms in total. The highest BCUT2D eigenvalue weighted by Gasteiger charge is 2.28. The number of hydrogen-bond acceptors (Lipinski definition) is 3. The molecule has 0 aliphatic heterocycles. The van der Waals surface area contributed by atoms with Crippen molar-refractivity contribution in [1.82, 2.24) is 0 Å². The third kappa shape index (κ3) is 2.34. The Labute approximate surface area is 102 Å². The van der Waals surface area contributed by atoms with Crippen LogP contribution in [0.2, 0.25) is 0 Å². The minimum absolute atomic E-state index is 0.206. The molecule has 1 aromatic carbocycles. The number of benzene rings is 1. The molecule has 1 unspecified atom stereocenters. The number of ether oxygens (including phenoxy) is 2. The summed E-state index contributed by atoms with van der Waals surface area (Å²) >= 11 is 0. The van der Waals surface area contributed by atoms with Gasteiger partial charge in [-0.1, -0.05) is 6.07 Å². The summed E-state index contributed by atoms with van der Waals surface area (Å²) < 4.78 is 10.6. The number of hydrogen-bond donors (Lipinski definition) is 0. The van der Waals surface area contributed by atoms with Gasteiger partial charge in [0.1, 0.15) is 5.75 Å². The molecule has 1 aromatic rings. The molecular weight excluding hydrogens is 216 g/mol. The zero-order chi connectivity index (χ0) is 12.6. The number of methoxy groups -OCH3 is 1. The first kappa shape index (κ1) is 12.1. The number of fused-ring (bicyclic) bond motifs is 1. The van der Waals surface area contributed by atoms with E-state index in [0.29, 0.717) is 5.75 Å². The molecule has 0 amide bonds. The lowest BCUT2D eigenvalue weighted by Gasteiger charge is -2.29. The van der Waals surface area contributed by atoms with Crippen LogP contribution in [0.15, 0.2) is 18.2 Å². The van der Waals surface area contributed by atoms with Gasteiger partial charge in [0.15, 0.2) is 0 Å². The third-order valence-corrected chi connectivity index (χ3v) is 2.97. The molecule has 17 heavy (non-hydrogen) atoms. The number of rotatable bonds is 2. The average Bonchev–Trinajstić information content (AvgIpc) is 2.20. The van der Waals surface area contributed by atoms with Crippen molar-refractivity contribution in [2.24, 2.45) is 5.41 Å². The van der Waals surface area contributed by atoms with Gasteiger partial charge in [-0.2, -0.15) is 0 Å². The van der Waals surface area contributed by atoms with E-state index in [4.69, 9.17) is 9.47 Å².